The van der Waals surface area contributed by atoms with Crippen molar-refractivity contribution >= 4 is 23.0 Å². The summed E-state index contributed by atoms with van der Waals surface area (Å²) in [5.41, 5.74) is 4.15. The van der Waals surface area contributed by atoms with Gasteiger partial charge in [-0.3, -0.25) is 0 Å². The molecule has 3 aromatic rings. The summed E-state index contributed by atoms with van der Waals surface area (Å²) < 4.78 is 10.7. The van der Waals surface area contributed by atoms with Crippen LogP contribution in [0.4, 0.5) is 23.0 Å². The second kappa shape index (κ2) is 7.74. The highest BCUT2D eigenvalue weighted by Gasteiger charge is 2.07. The Balaban J connectivity index is 1.83. The van der Waals surface area contributed by atoms with Gasteiger partial charge in [-0.25, -0.2) is 9.97 Å². The first-order valence-electron chi connectivity index (χ1n) is 8.24. The Morgan fingerprint density at radius 2 is 1.46 bits per heavy atom. The van der Waals surface area contributed by atoms with E-state index in [-0.39, 0.29) is 0 Å². The van der Waals surface area contributed by atoms with Crippen LogP contribution in [0.5, 0.6) is 11.5 Å². The minimum atomic E-state index is 0.651. The van der Waals surface area contributed by atoms with Gasteiger partial charge >= 0.3 is 0 Å². The minimum Gasteiger partial charge on any atom is -0.497 e. The van der Waals surface area contributed by atoms with Crippen molar-refractivity contribution in [3.63, 3.8) is 0 Å². The molecule has 26 heavy (non-hydrogen) atoms. The third-order valence-corrected chi connectivity index (χ3v) is 3.83. The zero-order valence-electron chi connectivity index (χ0n) is 15.3. The van der Waals surface area contributed by atoms with E-state index in [4.69, 9.17) is 9.47 Å². The third-order valence-electron chi connectivity index (χ3n) is 3.83. The van der Waals surface area contributed by atoms with Gasteiger partial charge in [-0.2, -0.15) is 0 Å². The molecule has 0 radical (unpaired) electrons. The monoisotopic (exact) mass is 350 g/mol. The number of anilines is 4. The topological polar surface area (TPSA) is 68.3 Å². The molecule has 0 fully saturated rings. The first-order chi connectivity index (χ1) is 12.6. The summed E-state index contributed by atoms with van der Waals surface area (Å²) >= 11 is 0. The average molecular weight is 350 g/mol. The number of aromatic nitrogens is 2. The first-order valence-corrected chi connectivity index (χ1v) is 8.24. The van der Waals surface area contributed by atoms with E-state index in [0.717, 1.165) is 17.1 Å². The van der Waals surface area contributed by atoms with Gasteiger partial charge in [-0.05, 0) is 49.2 Å². The molecule has 0 amide bonds. The van der Waals surface area contributed by atoms with Crippen LogP contribution in [0.25, 0.3) is 0 Å². The first kappa shape index (κ1) is 17.5. The largest absolute Gasteiger partial charge is 0.497 e. The number of hydrogen-bond acceptors (Lipinski definition) is 6. The van der Waals surface area contributed by atoms with Gasteiger partial charge in [0.2, 0.25) is 0 Å². The van der Waals surface area contributed by atoms with Crippen LogP contribution in [-0.4, -0.2) is 24.2 Å². The number of rotatable bonds is 6. The minimum absolute atomic E-state index is 0.651. The molecule has 0 saturated carbocycles. The fourth-order valence-electron chi connectivity index (χ4n) is 2.74. The number of nitrogens with one attached hydrogen (secondary N) is 2. The van der Waals surface area contributed by atoms with Crippen LogP contribution in [0.1, 0.15) is 11.1 Å². The van der Waals surface area contributed by atoms with Crippen molar-refractivity contribution < 1.29 is 9.47 Å². The van der Waals surface area contributed by atoms with E-state index >= 15 is 0 Å². The Labute approximate surface area is 153 Å². The quantitative estimate of drug-likeness (QED) is 0.677. The number of aryl methyl sites for hydroxylation is 2. The lowest BCUT2D eigenvalue weighted by molar-refractivity contribution is 0.405. The Kier molecular flexibility index (Phi) is 5.22. The molecular weight excluding hydrogens is 328 g/mol. The van der Waals surface area contributed by atoms with Crippen molar-refractivity contribution in [2.45, 2.75) is 13.8 Å². The molecule has 6 nitrogen and oxygen atoms in total. The normalized spacial score (nSPS) is 10.3. The van der Waals surface area contributed by atoms with E-state index in [0.29, 0.717) is 17.4 Å². The Hall–Kier alpha value is -3.28. The zero-order chi connectivity index (χ0) is 18.5. The lowest BCUT2D eigenvalue weighted by Crippen LogP contribution is -2.00. The summed E-state index contributed by atoms with van der Waals surface area (Å²) in [4.78, 5) is 8.58. The van der Waals surface area contributed by atoms with Crippen LogP contribution in [0.3, 0.4) is 0 Å². The van der Waals surface area contributed by atoms with Crippen molar-refractivity contribution in [3.05, 3.63) is 59.9 Å². The van der Waals surface area contributed by atoms with Gasteiger partial charge in [0.05, 0.1) is 19.9 Å². The molecule has 0 aliphatic heterocycles. The van der Waals surface area contributed by atoms with Crippen molar-refractivity contribution in [1.29, 1.82) is 0 Å². The van der Waals surface area contributed by atoms with Gasteiger partial charge < -0.3 is 20.1 Å². The van der Waals surface area contributed by atoms with Gasteiger partial charge in [0.1, 0.15) is 29.5 Å². The molecule has 2 N–H and O–H groups in total. The second-order valence-electron chi connectivity index (χ2n) is 5.98. The maximum Gasteiger partial charge on any atom is 0.142 e. The maximum absolute atomic E-state index is 5.39. The van der Waals surface area contributed by atoms with Crippen molar-refractivity contribution in [3.8, 4) is 11.5 Å². The maximum atomic E-state index is 5.39. The molecule has 0 aliphatic rings. The molecule has 3 rings (SSSR count). The summed E-state index contributed by atoms with van der Waals surface area (Å²) in [5.74, 6) is 2.79. The summed E-state index contributed by atoms with van der Waals surface area (Å²) in [7, 11) is 3.25. The highest BCUT2D eigenvalue weighted by Crippen LogP contribution is 2.31. The molecule has 0 bridgehead atoms. The summed E-state index contributed by atoms with van der Waals surface area (Å²) in [6.07, 6.45) is 1.51. The molecule has 6 heteroatoms. The SMILES string of the molecule is COc1ccc(OC)c(Nc2cc(Nc3cc(C)cc(C)c3)ncn2)c1. The van der Waals surface area contributed by atoms with Gasteiger partial charge in [0.25, 0.3) is 0 Å². The predicted molar refractivity (Wildman–Crippen MR) is 104 cm³/mol. The molecule has 0 atom stereocenters. The Morgan fingerprint density at radius 3 is 2.12 bits per heavy atom. The summed E-state index contributed by atoms with van der Waals surface area (Å²) in [6, 6.07) is 13.7. The number of benzene rings is 2. The van der Waals surface area contributed by atoms with Gasteiger partial charge in [-0.1, -0.05) is 6.07 Å². The van der Waals surface area contributed by atoms with Crippen LogP contribution in [-0.2, 0) is 0 Å². The molecule has 1 aromatic heterocycles. The van der Waals surface area contributed by atoms with E-state index < -0.39 is 0 Å². The van der Waals surface area contributed by atoms with E-state index in [9.17, 15) is 0 Å². The van der Waals surface area contributed by atoms with E-state index in [1.54, 1.807) is 14.2 Å². The lowest BCUT2D eigenvalue weighted by Gasteiger charge is -2.13. The predicted octanol–water partition coefficient (Wildman–Crippen LogP) is 4.60. The third kappa shape index (κ3) is 4.22. The van der Waals surface area contributed by atoms with Crippen LogP contribution in [0, 0.1) is 13.8 Å². The van der Waals surface area contributed by atoms with E-state index in [1.165, 1.54) is 17.5 Å². The molecular formula is C20H22N4O2. The number of methoxy groups -OCH3 is 2. The molecule has 1 heterocycles. The molecule has 0 aliphatic carbocycles. The fourth-order valence-corrected chi connectivity index (χ4v) is 2.74. The molecule has 0 unspecified atom stereocenters. The second-order valence-corrected chi connectivity index (χ2v) is 5.98. The van der Waals surface area contributed by atoms with Crippen LogP contribution >= 0.6 is 0 Å². The number of ether oxygens (including phenoxy) is 2. The zero-order valence-corrected chi connectivity index (χ0v) is 15.3. The van der Waals surface area contributed by atoms with Gasteiger partial charge in [0, 0.05) is 17.8 Å². The van der Waals surface area contributed by atoms with Crippen LogP contribution in [0.15, 0.2) is 48.8 Å². The lowest BCUT2D eigenvalue weighted by atomic mass is 10.1. The standard InChI is InChI=1S/C20H22N4O2/c1-13-7-14(2)9-15(8-13)23-19-11-20(22-12-21-19)24-17-10-16(25-3)5-6-18(17)26-4/h5-12H,1-4H3,(H2,21,22,23,24). The molecule has 0 saturated heterocycles. The van der Waals surface area contributed by atoms with Gasteiger partial charge in [0.15, 0.2) is 0 Å². The van der Waals surface area contributed by atoms with E-state index in [2.05, 4.69) is 52.6 Å². The van der Waals surface area contributed by atoms with Crippen molar-refractivity contribution in [1.82, 2.24) is 9.97 Å². The van der Waals surface area contributed by atoms with Crippen LogP contribution in [0.2, 0.25) is 0 Å². The summed E-state index contributed by atoms with van der Waals surface area (Å²) in [5, 5.41) is 6.57. The Morgan fingerprint density at radius 1 is 0.769 bits per heavy atom. The summed E-state index contributed by atoms with van der Waals surface area (Å²) in [6.45, 7) is 4.14. The van der Waals surface area contributed by atoms with Crippen molar-refractivity contribution in [2.75, 3.05) is 24.9 Å². The smallest absolute Gasteiger partial charge is 0.142 e. The number of hydrogen-bond donors (Lipinski definition) is 2. The average Bonchev–Trinajstić information content (AvgIpc) is 2.61. The van der Waals surface area contributed by atoms with Crippen molar-refractivity contribution in [2.24, 2.45) is 0 Å². The molecule has 2 aromatic carbocycles. The fraction of sp³-hybridized carbons (Fsp3) is 0.200. The van der Waals surface area contributed by atoms with Crippen LogP contribution < -0.4 is 20.1 Å². The van der Waals surface area contributed by atoms with Gasteiger partial charge in [-0.15, -0.1) is 0 Å². The highest BCUT2D eigenvalue weighted by molar-refractivity contribution is 5.68. The Bertz CT molecular complexity index is 892. The molecule has 0 spiro atoms. The highest BCUT2D eigenvalue weighted by atomic mass is 16.5. The van der Waals surface area contributed by atoms with E-state index in [1.807, 2.05) is 24.3 Å². The molecule has 134 valence electrons. The number of nitrogens with zero attached hydrogens (tertiary/aromatic N) is 2.